The number of hydrogen-bond donors (Lipinski definition) is 0. The lowest BCUT2D eigenvalue weighted by molar-refractivity contribution is -0.141. The van der Waals surface area contributed by atoms with Crippen LogP contribution in [0.1, 0.15) is 46.5 Å². The van der Waals surface area contributed by atoms with Crippen molar-refractivity contribution < 1.29 is 9.53 Å². The molecular formula is C14H25NO2. The zero-order valence-corrected chi connectivity index (χ0v) is 11.4. The highest BCUT2D eigenvalue weighted by Crippen LogP contribution is 2.33. The molecule has 0 aromatic heterocycles. The summed E-state index contributed by atoms with van der Waals surface area (Å²) in [6.45, 7) is 8.14. The largest absolute Gasteiger partial charge is 0.366 e. The molecule has 2 aliphatic carbocycles. The molecule has 0 aliphatic heterocycles. The lowest BCUT2D eigenvalue weighted by atomic mass is 10.2. The zero-order chi connectivity index (χ0) is 12.5. The van der Waals surface area contributed by atoms with Crippen LogP contribution in [0.25, 0.3) is 0 Å². The first kappa shape index (κ1) is 12.9. The second kappa shape index (κ2) is 4.97. The van der Waals surface area contributed by atoms with Crippen LogP contribution in [-0.2, 0) is 9.53 Å². The molecule has 0 unspecified atom stereocenters. The Labute approximate surface area is 105 Å². The van der Waals surface area contributed by atoms with Gasteiger partial charge in [0, 0.05) is 13.1 Å². The molecule has 2 aliphatic rings. The van der Waals surface area contributed by atoms with E-state index in [-0.39, 0.29) is 18.1 Å². The van der Waals surface area contributed by atoms with Gasteiger partial charge < -0.3 is 9.64 Å². The van der Waals surface area contributed by atoms with Crippen LogP contribution < -0.4 is 0 Å². The van der Waals surface area contributed by atoms with Gasteiger partial charge in [-0.05, 0) is 58.3 Å². The van der Waals surface area contributed by atoms with Gasteiger partial charge >= 0.3 is 0 Å². The molecule has 3 nitrogen and oxygen atoms in total. The molecule has 0 spiro atoms. The smallest absolute Gasteiger partial charge is 0.248 e. The number of carbonyl (C=O) groups is 1. The molecule has 1 amide bonds. The Balaban J connectivity index is 1.77. The molecule has 0 saturated heterocycles. The van der Waals surface area contributed by atoms with Crippen molar-refractivity contribution in [3.8, 4) is 0 Å². The topological polar surface area (TPSA) is 29.5 Å². The van der Waals surface area contributed by atoms with E-state index < -0.39 is 0 Å². The molecule has 2 fully saturated rings. The van der Waals surface area contributed by atoms with Gasteiger partial charge in [0.1, 0.15) is 6.61 Å². The Morgan fingerprint density at radius 2 is 1.59 bits per heavy atom. The van der Waals surface area contributed by atoms with Crippen LogP contribution in [0.5, 0.6) is 0 Å². The van der Waals surface area contributed by atoms with Gasteiger partial charge in [-0.25, -0.2) is 0 Å². The van der Waals surface area contributed by atoms with E-state index in [1.165, 1.54) is 25.7 Å². The maximum Gasteiger partial charge on any atom is 0.248 e. The number of carbonyl (C=O) groups excluding carboxylic acids is 1. The summed E-state index contributed by atoms with van der Waals surface area (Å²) in [6.07, 6.45) is 5.20. The lowest BCUT2D eigenvalue weighted by Gasteiger charge is -2.25. The Kier molecular flexibility index (Phi) is 3.76. The summed E-state index contributed by atoms with van der Waals surface area (Å²) in [7, 11) is 0. The van der Waals surface area contributed by atoms with Crippen molar-refractivity contribution in [1.29, 1.82) is 0 Å². The fraction of sp³-hybridized carbons (Fsp3) is 0.929. The van der Waals surface area contributed by atoms with E-state index in [9.17, 15) is 4.79 Å². The summed E-state index contributed by atoms with van der Waals surface area (Å²) in [5.41, 5.74) is -0.222. The summed E-state index contributed by atoms with van der Waals surface area (Å²) in [6, 6.07) is 0. The van der Waals surface area contributed by atoms with E-state index in [0.29, 0.717) is 0 Å². The Morgan fingerprint density at radius 1 is 1.12 bits per heavy atom. The SMILES string of the molecule is CC(C)(C)OCC(=O)N(CC1CC1)CC1CC1. The zero-order valence-electron chi connectivity index (χ0n) is 11.4. The van der Waals surface area contributed by atoms with Gasteiger partial charge in [0.25, 0.3) is 0 Å². The van der Waals surface area contributed by atoms with E-state index in [2.05, 4.69) is 0 Å². The third kappa shape index (κ3) is 5.07. The van der Waals surface area contributed by atoms with Crippen molar-refractivity contribution in [2.45, 2.75) is 52.1 Å². The van der Waals surface area contributed by atoms with Crippen LogP contribution in [0, 0.1) is 11.8 Å². The monoisotopic (exact) mass is 239 g/mol. The van der Waals surface area contributed by atoms with Crippen LogP contribution >= 0.6 is 0 Å². The first-order chi connectivity index (χ1) is 7.94. The van der Waals surface area contributed by atoms with E-state index in [4.69, 9.17) is 4.74 Å². The number of ether oxygens (including phenoxy) is 1. The van der Waals surface area contributed by atoms with Gasteiger partial charge in [0.15, 0.2) is 0 Å². The van der Waals surface area contributed by atoms with Crippen molar-refractivity contribution in [1.82, 2.24) is 4.90 Å². The minimum absolute atomic E-state index is 0.179. The minimum Gasteiger partial charge on any atom is -0.366 e. The van der Waals surface area contributed by atoms with Crippen LogP contribution in [-0.4, -0.2) is 36.1 Å². The van der Waals surface area contributed by atoms with Gasteiger partial charge in [-0.2, -0.15) is 0 Å². The molecule has 0 N–H and O–H groups in total. The number of rotatable bonds is 6. The summed E-state index contributed by atoms with van der Waals surface area (Å²) < 4.78 is 5.58. The highest BCUT2D eigenvalue weighted by Gasteiger charge is 2.31. The van der Waals surface area contributed by atoms with Gasteiger partial charge in [0.2, 0.25) is 5.91 Å². The third-order valence-electron chi connectivity index (χ3n) is 3.33. The Bertz CT molecular complexity index is 260. The predicted octanol–water partition coefficient (Wildman–Crippen LogP) is 2.45. The molecule has 0 atom stereocenters. The van der Waals surface area contributed by atoms with Crippen LogP contribution in [0.4, 0.5) is 0 Å². The molecule has 2 rings (SSSR count). The van der Waals surface area contributed by atoms with Crippen molar-refractivity contribution in [2.75, 3.05) is 19.7 Å². The molecule has 0 radical (unpaired) electrons. The van der Waals surface area contributed by atoms with Crippen LogP contribution in [0.15, 0.2) is 0 Å². The Morgan fingerprint density at radius 3 is 1.94 bits per heavy atom. The maximum absolute atomic E-state index is 12.1. The molecule has 17 heavy (non-hydrogen) atoms. The first-order valence-electron chi connectivity index (χ1n) is 6.86. The summed E-state index contributed by atoms with van der Waals surface area (Å²) in [5, 5.41) is 0. The van der Waals surface area contributed by atoms with E-state index in [0.717, 1.165) is 24.9 Å². The van der Waals surface area contributed by atoms with Crippen molar-refractivity contribution in [3.63, 3.8) is 0 Å². The summed E-state index contributed by atoms with van der Waals surface area (Å²) >= 11 is 0. The van der Waals surface area contributed by atoms with Crippen molar-refractivity contribution in [2.24, 2.45) is 11.8 Å². The fourth-order valence-electron chi connectivity index (χ4n) is 1.87. The minimum atomic E-state index is -0.222. The molecule has 0 heterocycles. The molecule has 0 aromatic rings. The lowest BCUT2D eigenvalue weighted by Crippen LogP contribution is -2.39. The Hall–Kier alpha value is -0.570. The van der Waals surface area contributed by atoms with E-state index >= 15 is 0 Å². The average molecular weight is 239 g/mol. The molecule has 0 bridgehead atoms. The van der Waals surface area contributed by atoms with Gasteiger partial charge in [-0.15, -0.1) is 0 Å². The quantitative estimate of drug-likeness (QED) is 0.712. The van der Waals surface area contributed by atoms with E-state index in [1.807, 2.05) is 25.7 Å². The van der Waals surface area contributed by atoms with Crippen LogP contribution in [0.2, 0.25) is 0 Å². The predicted molar refractivity (Wildman–Crippen MR) is 67.7 cm³/mol. The van der Waals surface area contributed by atoms with Gasteiger partial charge in [-0.1, -0.05) is 0 Å². The molecule has 3 heteroatoms. The molecular weight excluding hydrogens is 214 g/mol. The highest BCUT2D eigenvalue weighted by molar-refractivity contribution is 5.77. The van der Waals surface area contributed by atoms with Gasteiger partial charge in [0.05, 0.1) is 5.60 Å². The van der Waals surface area contributed by atoms with E-state index in [1.54, 1.807) is 0 Å². The van der Waals surface area contributed by atoms with Crippen molar-refractivity contribution >= 4 is 5.91 Å². The average Bonchev–Trinajstić information content (AvgIpc) is 3.05. The third-order valence-corrected chi connectivity index (χ3v) is 3.33. The number of amides is 1. The normalized spacial score (nSPS) is 20.4. The number of hydrogen-bond acceptors (Lipinski definition) is 2. The molecule has 2 saturated carbocycles. The highest BCUT2D eigenvalue weighted by atomic mass is 16.5. The van der Waals surface area contributed by atoms with Crippen LogP contribution in [0.3, 0.4) is 0 Å². The second-order valence-corrected chi connectivity index (χ2v) is 6.59. The standard InChI is InChI=1S/C14H25NO2/c1-14(2,3)17-10-13(16)15(8-11-4-5-11)9-12-6-7-12/h11-12H,4-10H2,1-3H3. The van der Waals surface area contributed by atoms with Crippen molar-refractivity contribution in [3.05, 3.63) is 0 Å². The first-order valence-corrected chi connectivity index (χ1v) is 6.86. The molecule has 0 aromatic carbocycles. The second-order valence-electron chi connectivity index (χ2n) is 6.59. The van der Waals surface area contributed by atoms with Gasteiger partial charge in [-0.3, -0.25) is 4.79 Å². The molecule has 98 valence electrons. The summed E-state index contributed by atoms with van der Waals surface area (Å²) in [4.78, 5) is 14.2. The fourth-order valence-corrected chi connectivity index (χ4v) is 1.87. The summed E-state index contributed by atoms with van der Waals surface area (Å²) in [5.74, 6) is 1.72. The maximum atomic E-state index is 12.1. The number of nitrogens with zero attached hydrogens (tertiary/aromatic N) is 1.